The lowest BCUT2D eigenvalue weighted by atomic mass is 10.1. The third kappa shape index (κ3) is 8.77. The van der Waals surface area contributed by atoms with Gasteiger partial charge in [0.1, 0.15) is 6.61 Å². The van der Waals surface area contributed by atoms with Gasteiger partial charge in [0.15, 0.2) is 17.5 Å². The van der Waals surface area contributed by atoms with Crippen molar-refractivity contribution >= 4 is 5.96 Å². The molecule has 176 valence electrons. The maximum atomic E-state index is 8.94. The molecular formula is C25H38N4O3. The zero-order valence-corrected chi connectivity index (χ0v) is 19.8. The van der Waals surface area contributed by atoms with Crippen LogP contribution in [0.3, 0.4) is 0 Å². The van der Waals surface area contributed by atoms with Gasteiger partial charge in [0.05, 0.1) is 20.3 Å². The van der Waals surface area contributed by atoms with Gasteiger partial charge in [-0.1, -0.05) is 36.4 Å². The number of rotatable bonds is 13. The summed E-state index contributed by atoms with van der Waals surface area (Å²) in [6, 6.07) is 16.7. The van der Waals surface area contributed by atoms with Crippen molar-refractivity contribution in [3.63, 3.8) is 0 Å². The Morgan fingerprint density at radius 3 is 2.56 bits per heavy atom. The molecule has 2 aromatic rings. The first-order chi connectivity index (χ1) is 15.6. The number of hydrogen-bond acceptors (Lipinski definition) is 5. The molecule has 7 nitrogen and oxygen atoms in total. The zero-order chi connectivity index (χ0) is 23.2. The van der Waals surface area contributed by atoms with Crippen LogP contribution in [0.5, 0.6) is 11.5 Å². The summed E-state index contributed by atoms with van der Waals surface area (Å²) in [7, 11) is 3.77. The van der Waals surface area contributed by atoms with E-state index in [1.54, 1.807) is 7.11 Å². The van der Waals surface area contributed by atoms with Gasteiger partial charge in [0.2, 0.25) is 0 Å². The Morgan fingerprint density at radius 2 is 1.88 bits per heavy atom. The number of aliphatic imine (C=N–C) groups is 1. The molecule has 0 bridgehead atoms. The number of guanidine groups is 1. The summed E-state index contributed by atoms with van der Waals surface area (Å²) in [6.07, 6.45) is 1.01. The van der Waals surface area contributed by atoms with Gasteiger partial charge in [0.25, 0.3) is 0 Å². The number of aliphatic hydroxyl groups is 1. The second kappa shape index (κ2) is 14.3. The molecule has 0 saturated carbocycles. The van der Waals surface area contributed by atoms with Crippen molar-refractivity contribution in [2.45, 2.75) is 39.4 Å². The lowest BCUT2D eigenvalue weighted by molar-refractivity contribution is 0.196. The summed E-state index contributed by atoms with van der Waals surface area (Å²) in [5.74, 6) is 2.05. The van der Waals surface area contributed by atoms with Crippen molar-refractivity contribution in [2.75, 3.05) is 40.5 Å². The van der Waals surface area contributed by atoms with Crippen LogP contribution in [-0.2, 0) is 13.1 Å². The van der Waals surface area contributed by atoms with Crippen LogP contribution in [-0.4, -0.2) is 62.5 Å². The highest BCUT2D eigenvalue weighted by Crippen LogP contribution is 2.28. The summed E-state index contributed by atoms with van der Waals surface area (Å²) < 4.78 is 10.9. The fourth-order valence-corrected chi connectivity index (χ4v) is 3.24. The Balaban J connectivity index is 1.87. The van der Waals surface area contributed by atoms with E-state index in [2.05, 4.69) is 60.7 Å². The number of hydrogen-bond donors (Lipinski definition) is 3. The maximum absolute atomic E-state index is 8.94. The fraction of sp³-hybridized carbons (Fsp3) is 0.480. The minimum atomic E-state index is -0.0341. The largest absolute Gasteiger partial charge is 0.493 e. The first-order valence-electron chi connectivity index (χ1n) is 11.2. The molecule has 0 heterocycles. The van der Waals surface area contributed by atoms with Gasteiger partial charge in [0, 0.05) is 25.7 Å². The molecule has 32 heavy (non-hydrogen) atoms. The molecule has 2 rings (SSSR count). The summed E-state index contributed by atoms with van der Waals surface area (Å²) in [4.78, 5) is 7.07. The van der Waals surface area contributed by atoms with Gasteiger partial charge in [-0.05, 0) is 50.6 Å². The lowest BCUT2D eigenvalue weighted by Gasteiger charge is -2.25. The van der Waals surface area contributed by atoms with Crippen molar-refractivity contribution in [3.8, 4) is 11.5 Å². The Bertz CT molecular complexity index is 814. The SMILES string of the molecule is CCNC(=NCc1ccc(OCCO)c(OC)c1)NCCC(C)N(C)Cc1ccccc1. The average molecular weight is 443 g/mol. The predicted octanol–water partition coefficient (Wildman–Crippen LogP) is 3.03. The Morgan fingerprint density at radius 1 is 1.09 bits per heavy atom. The highest BCUT2D eigenvalue weighted by Gasteiger charge is 2.10. The van der Waals surface area contributed by atoms with E-state index in [0.717, 1.165) is 37.6 Å². The van der Waals surface area contributed by atoms with Crippen LogP contribution in [0.2, 0.25) is 0 Å². The number of nitrogens with one attached hydrogen (secondary N) is 2. The van der Waals surface area contributed by atoms with Gasteiger partial charge < -0.3 is 25.2 Å². The molecule has 0 radical (unpaired) electrons. The summed E-state index contributed by atoms with van der Waals surface area (Å²) >= 11 is 0. The van der Waals surface area contributed by atoms with Crippen molar-refractivity contribution in [2.24, 2.45) is 4.99 Å². The average Bonchev–Trinajstić information content (AvgIpc) is 2.81. The van der Waals surface area contributed by atoms with E-state index in [1.807, 2.05) is 24.3 Å². The van der Waals surface area contributed by atoms with Crippen molar-refractivity contribution in [1.82, 2.24) is 15.5 Å². The van der Waals surface area contributed by atoms with Crippen LogP contribution in [0.4, 0.5) is 0 Å². The van der Waals surface area contributed by atoms with Gasteiger partial charge in [-0.15, -0.1) is 0 Å². The first-order valence-corrected chi connectivity index (χ1v) is 11.2. The second-order valence-electron chi connectivity index (χ2n) is 7.72. The predicted molar refractivity (Wildman–Crippen MR) is 130 cm³/mol. The van der Waals surface area contributed by atoms with Crippen LogP contribution in [0, 0.1) is 0 Å². The molecular weight excluding hydrogens is 404 g/mol. The molecule has 1 atom stereocenters. The molecule has 0 fully saturated rings. The third-order valence-electron chi connectivity index (χ3n) is 5.22. The molecule has 2 aromatic carbocycles. The van der Waals surface area contributed by atoms with E-state index in [1.165, 1.54) is 5.56 Å². The number of nitrogens with zero attached hydrogens (tertiary/aromatic N) is 2. The highest BCUT2D eigenvalue weighted by atomic mass is 16.5. The van der Waals surface area contributed by atoms with E-state index in [9.17, 15) is 0 Å². The van der Waals surface area contributed by atoms with Crippen LogP contribution in [0.25, 0.3) is 0 Å². The third-order valence-corrected chi connectivity index (χ3v) is 5.22. The normalized spacial score (nSPS) is 12.5. The maximum Gasteiger partial charge on any atom is 0.191 e. The lowest BCUT2D eigenvalue weighted by Crippen LogP contribution is -2.40. The van der Waals surface area contributed by atoms with Gasteiger partial charge in [-0.25, -0.2) is 4.99 Å². The van der Waals surface area contributed by atoms with Gasteiger partial charge in [-0.2, -0.15) is 0 Å². The summed E-state index contributed by atoms with van der Waals surface area (Å²) in [5.41, 5.74) is 2.35. The number of ether oxygens (including phenoxy) is 2. The first kappa shape index (κ1) is 25.5. The fourth-order valence-electron chi connectivity index (χ4n) is 3.24. The van der Waals surface area contributed by atoms with E-state index in [4.69, 9.17) is 19.6 Å². The molecule has 0 amide bonds. The Hall–Kier alpha value is -2.77. The topological polar surface area (TPSA) is 78.4 Å². The summed E-state index contributed by atoms with van der Waals surface area (Å²) in [5, 5.41) is 15.7. The Kier molecular flexibility index (Phi) is 11.4. The smallest absolute Gasteiger partial charge is 0.191 e. The van der Waals surface area contributed by atoms with E-state index < -0.39 is 0 Å². The summed E-state index contributed by atoms with van der Waals surface area (Å²) in [6.45, 7) is 7.61. The minimum Gasteiger partial charge on any atom is -0.493 e. The molecule has 0 aromatic heterocycles. The van der Waals surface area contributed by atoms with E-state index in [0.29, 0.717) is 24.1 Å². The van der Waals surface area contributed by atoms with E-state index in [-0.39, 0.29) is 13.2 Å². The molecule has 7 heteroatoms. The van der Waals surface area contributed by atoms with Gasteiger partial charge >= 0.3 is 0 Å². The number of benzene rings is 2. The molecule has 0 saturated heterocycles. The van der Waals surface area contributed by atoms with Crippen LogP contribution >= 0.6 is 0 Å². The standard InChI is InChI=1S/C25H38N4O3/c1-5-26-25(27-14-13-20(2)29(3)19-21-9-7-6-8-10-21)28-18-22-11-12-23(32-16-15-30)24(17-22)31-4/h6-12,17,20,30H,5,13-16,18-19H2,1-4H3,(H2,26,27,28). The van der Waals surface area contributed by atoms with Crippen LogP contribution in [0.15, 0.2) is 53.5 Å². The van der Waals surface area contributed by atoms with Gasteiger partial charge in [-0.3, -0.25) is 4.90 Å². The van der Waals surface area contributed by atoms with Crippen molar-refractivity contribution < 1.29 is 14.6 Å². The zero-order valence-electron chi connectivity index (χ0n) is 19.8. The Labute approximate surface area is 192 Å². The molecule has 0 spiro atoms. The molecule has 0 aliphatic heterocycles. The molecule has 0 aliphatic rings. The highest BCUT2D eigenvalue weighted by molar-refractivity contribution is 5.79. The number of methoxy groups -OCH3 is 1. The molecule has 0 aliphatic carbocycles. The van der Waals surface area contributed by atoms with Crippen molar-refractivity contribution in [3.05, 3.63) is 59.7 Å². The number of aliphatic hydroxyl groups excluding tert-OH is 1. The van der Waals surface area contributed by atoms with Crippen LogP contribution < -0.4 is 20.1 Å². The van der Waals surface area contributed by atoms with E-state index >= 15 is 0 Å². The molecule has 3 N–H and O–H groups in total. The van der Waals surface area contributed by atoms with Crippen LogP contribution in [0.1, 0.15) is 31.4 Å². The molecule has 1 unspecified atom stereocenters. The quantitative estimate of drug-likeness (QED) is 0.327. The monoisotopic (exact) mass is 442 g/mol. The second-order valence-corrected chi connectivity index (χ2v) is 7.72. The van der Waals surface area contributed by atoms with Crippen molar-refractivity contribution in [1.29, 1.82) is 0 Å². The minimum absolute atomic E-state index is 0.0341.